The van der Waals surface area contributed by atoms with E-state index >= 15 is 0 Å². The summed E-state index contributed by atoms with van der Waals surface area (Å²) >= 11 is 0. The molecule has 17 heavy (non-hydrogen) atoms. The van der Waals surface area contributed by atoms with Crippen molar-refractivity contribution in [2.75, 3.05) is 0 Å². The fourth-order valence-electron chi connectivity index (χ4n) is 1.92. The minimum atomic E-state index is 1.16. The van der Waals surface area contributed by atoms with Gasteiger partial charge in [-0.1, -0.05) is 84.1 Å². The van der Waals surface area contributed by atoms with E-state index in [2.05, 4.69) is 52.0 Å². The van der Waals surface area contributed by atoms with Gasteiger partial charge in [-0.05, 0) is 24.0 Å². The number of aryl methyl sites for hydroxylation is 2. The van der Waals surface area contributed by atoms with E-state index in [0.29, 0.717) is 0 Å². The van der Waals surface area contributed by atoms with Crippen molar-refractivity contribution in [2.45, 2.75) is 72.6 Å². The molecule has 0 aliphatic carbocycles. The molecule has 0 saturated carbocycles. The largest absolute Gasteiger partial charge is 0.0654 e. The van der Waals surface area contributed by atoms with Crippen LogP contribution in [0.2, 0.25) is 0 Å². The van der Waals surface area contributed by atoms with Gasteiger partial charge in [-0.2, -0.15) is 0 Å². The first-order valence-corrected chi connectivity index (χ1v) is 7.36. The van der Waals surface area contributed by atoms with Gasteiger partial charge in [0, 0.05) is 0 Å². The SMILES string of the molecule is CCCCCCC.CCc1ccccc1CC. The van der Waals surface area contributed by atoms with Crippen LogP contribution in [-0.2, 0) is 12.8 Å². The summed E-state index contributed by atoms with van der Waals surface area (Å²) in [5.41, 5.74) is 2.98. The standard InChI is InChI=1S/C10H14.C7H16/c1-3-9-7-5-6-8-10(9)4-2;1-3-5-7-6-4-2/h5-8H,3-4H2,1-2H3;3-7H2,1-2H3. The molecule has 1 rings (SSSR count). The molecule has 0 aromatic heterocycles. The van der Waals surface area contributed by atoms with E-state index < -0.39 is 0 Å². The molecule has 0 aliphatic rings. The Labute approximate surface area is 108 Å². The molecule has 0 amide bonds. The molecule has 0 N–H and O–H groups in total. The van der Waals surface area contributed by atoms with Crippen LogP contribution in [0.5, 0.6) is 0 Å². The molecule has 1 aromatic carbocycles. The van der Waals surface area contributed by atoms with Crippen molar-refractivity contribution in [1.82, 2.24) is 0 Å². The first-order valence-electron chi connectivity index (χ1n) is 7.36. The summed E-state index contributed by atoms with van der Waals surface area (Å²) in [6, 6.07) is 8.63. The van der Waals surface area contributed by atoms with Gasteiger partial charge in [0.25, 0.3) is 0 Å². The zero-order chi connectivity index (χ0) is 12.9. The molecule has 98 valence electrons. The van der Waals surface area contributed by atoms with Gasteiger partial charge in [-0.25, -0.2) is 0 Å². The molecule has 0 atom stereocenters. The van der Waals surface area contributed by atoms with Gasteiger partial charge in [-0.3, -0.25) is 0 Å². The molecule has 0 aliphatic heterocycles. The van der Waals surface area contributed by atoms with Crippen LogP contribution in [0.1, 0.15) is 70.9 Å². The average Bonchev–Trinajstić information content (AvgIpc) is 2.40. The van der Waals surface area contributed by atoms with Crippen molar-refractivity contribution in [3.8, 4) is 0 Å². The van der Waals surface area contributed by atoms with Crippen LogP contribution in [0.4, 0.5) is 0 Å². The highest BCUT2D eigenvalue weighted by Crippen LogP contribution is 2.08. The Morgan fingerprint density at radius 3 is 1.35 bits per heavy atom. The highest BCUT2D eigenvalue weighted by molar-refractivity contribution is 5.26. The number of hydrogen-bond acceptors (Lipinski definition) is 0. The van der Waals surface area contributed by atoms with Crippen molar-refractivity contribution >= 4 is 0 Å². The normalized spacial score (nSPS) is 9.65. The number of benzene rings is 1. The maximum absolute atomic E-state index is 2.25. The molecule has 0 nitrogen and oxygen atoms in total. The Morgan fingerprint density at radius 1 is 0.647 bits per heavy atom. The third-order valence-electron chi connectivity index (χ3n) is 3.09. The van der Waals surface area contributed by atoms with Crippen LogP contribution in [0.25, 0.3) is 0 Å². The predicted molar refractivity (Wildman–Crippen MR) is 79.6 cm³/mol. The smallest absolute Gasteiger partial charge is 0.0305 e. The number of rotatable bonds is 6. The summed E-state index contributed by atoms with van der Waals surface area (Å²) in [6.07, 6.45) is 9.32. The van der Waals surface area contributed by atoms with E-state index in [0.717, 1.165) is 12.8 Å². The maximum atomic E-state index is 2.25. The van der Waals surface area contributed by atoms with Gasteiger partial charge in [-0.15, -0.1) is 0 Å². The monoisotopic (exact) mass is 234 g/mol. The molecular weight excluding hydrogens is 204 g/mol. The van der Waals surface area contributed by atoms with Gasteiger partial charge < -0.3 is 0 Å². The molecule has 0 heterocycles. The summed E-state index contributed by atoms with van der Waals surface area (Å²) in [6.45, 7) is 8.90. The molecule has 0 bridgehead atoms. The Hall–Kier alpha value is -0.780. The van der Waals surface area contributed by atoms with Crippen LogP contribution in [0.15, 0.2) is 24.3 Å². The van der Waals surface area contributed by atoms with Gasteiger partial charge in [0.15, 0.2) is 0 Å². The molecule has 0 radical (unpaired) electrons. The highest BCUT2D eigenvalue weighted by Gasteiger charge is 1.93. The summed E-state index contributed by atoms with van der Waals surface area (Å²) in [5.74, 6) is 0. The summed E-state index contributed by atoms with van der Waals surface area (Å²) in [5, 5.41) is 0. The molecule has 0 fully saturated rings. The van der Waals surface area contributed by atoms with E-state index in [-0.39, 0.29) is 0 Å². The maximum Gasteiger partial charge on any atom is -0.0305 e. The number of unbranched alkanes of at least 4 members (excludes halogenated alkanes) is 4. The van der Waals surface area contributed by atoms with Crippen molar-refractivity contribution in [3.63, 3.8) is 0 Å². The Balaban J connectivity index is 0.000000325. The molecule has 0 heteroatoms. The first-order chi connectivity index (χ1) is 8.29. The fraction of sp³-hybridized carbons (Fsp3) is 0.647. The lowest BCUT2D eigenvalue weighted by Crippen LogP contribution is -1.88. The van der Waals surface area contributed by atoms with E-state index in [1.807, 2.05) is 0 Å². The quantitative estimate of drug-likeness (QED) is 0.547. The lowest BCUT2D eigenvalue weighted by Gasteiger charge is -2.02. The zero-order valence-corrected chi connectivity index (χ0v) is 12.3. The lowest BCUT2D eigenvalue weighted by atomic mass is 10.0. The van der Waals surface area contributed by atoms with E-state index in [1.54, 1.807) is 0 Å². The van der Waals surface area contributed by atoms with Crippen molar-refractivity contribution in [2.24, 2.45) is 0 Å². The molecule has 1 aromatic rings. The van der Waals surface area contributed by atoms with Crippen molar-refractivity contribution in [1.29, 1.82) is 0 Å². The van der Waals surface area contributed by atoms with E-state index in [1.165, 1.54) is 43.2 Å². The third kappa shape index (κ3) is 8.01. The van der Waals surface area contributed by atoms with Crippen LogP contribution in [0, 0.1) is 0 Å². The molecule has 0 saturated heterocycles. The third-order valence-corrected chi connectivity index (χ3v) is 3.09. The minimum absolute atomic E-state index is 1.16. The Kier molecular flexibility index (Phi) is 11.2. The predicted octanol–water partition coefficient (Wildman–Crippen LogP) is 5.79. The highest BCUT2D eigenvalue weighted by atomic mass is 14.0. The van der Waals surface area contributed by atoms with Crippen LogP contribution < -0.4 is 0 Å². The summed E-state index contributed by atoms with van der Waals surface area (Å²) in [4.78, 5) is 0. The van der Waals surface area contributed by atoms with Crippen LogP contribution in [-0.4, -0.2) is 0 Å². The van der Waals surface area contributed by atoms with Gasteiger partial charge in [0.2, 0.25) is 0 Å². The van der Waals surface area contributed by atoms with Crippen LogP contribution >= 0.6 is 0 Å². The average molecular weight is 234 g/mol. The van der Waals surface area contributed by atoms with E-state index in [9.17, 15) is 0 Å². The van der Waals surface area contributed by atoms with E-state index in [4.69, 9.17) is 0 Å². The van der Waals surface area contributed by atoms with Gasteiger partial charge >= 0.3 is 0 Å². The second-order valence-electron chi connectivity index (χ2n) is 4.54. The summed E-state index contributed by atoms with van der Waals surface area (Å²) < 4.78 is 0. The topological polar surface area (TPSA) is 0 Å². The van der Waals surface area contributed by atoms with Gasteiger partial charge in [0.05, 0.1) is 0 Å². The molecular formula is C17H30. The Morgan fingerprint density at radius 2 is 1.06 bits per heavy atom. The minimum Gasteiger partial charge on any atom is -0.0654 e. The Bertz CT molecular complexity index is 235. The second-order valence-corrected chi connectivity index (χ2v) is 4.54. The zero-order valence-electron chi connectivity index (χ0n) is 12.3. The molecule has 0 unspecified atom stereocenters. The first kappa shape index (κ1) is 16.2. The lowest BCUT2D eigenvalue weighted by molar-refractivity contribution is 0.656. The molecule has 0 spiro atoms. The number of hydrogen-bond donors (Lipinski definition) is 0. The van der Waals surface area contributed by atoms with Gasteiger partial charge in [0.1, 0.15) is 0 Å². The summed E-state index contributed by atoms with van der Waals surface area (Å²) in [7, 11) is 0. The van der Waals surface area contributed by atoms with Crippen molar-refractivity contribution < 1.29 is 0 Å². The van der Waals surface area contributed by atoms with Crippen LogP contribution in [0.3, 0.4) is 0 Å². The fourth-order valence-corrected chi connectivity index (χ4v) is 1.92. The second kappa shape index (κ2) is 11.7. The van der Waals surface area contributed by atoms with Crippen molar-refractivity contribution in [3.05, 3.63) is 35.4 Å².